The van der Waals surface area contributed by atoms with Crippen LogP contribution in [0.1, 0.15) is 23.1 Å². The molecule has 1 aromatic carbocycles. The van der Waals surface area contributed by atoms with Gasteiger partial charge in [0.1, 0.15) is 11.7 Å². The number of hydrogen-bond donors (Lipinski definition) is 1. The van der Waals surface area contributed by atoms with Crippen molar-refractivity contribution in [3.63, 3.8) is 0 Å². The SMILES string of the molecule is CC(=O)NC1C=Cc2nc3ccccc3nc2C1=O. The van der Waals surface area contributed by atoms with Gasteiger partial charge in [-0.1, -0.05) is 18.2 Å². The zero-order chi connectivity index (χ0) is 13.4. The number of rotatable bonds is 1. The third kappa shape index (κ3) is 1.99. The molecule has 1 aromatic heterocycles. The minimum atomic E-state index is -0.652. The van der Waals surface area contributed by atoms with E-state index in [0.29, 0.717) is 16.9 Å². The van der Waals surface area contributed by atoms with E-state index in [2.05, 4.69) is 15.3 Å². The Labute approximate surface area is 109 Å². The zero-order valence-corrected chi connectivity index (χ0v) is 10.3. The van der Waals surface area contributed by atoms with E-state index >= 15 is 0 Å². The van der Waals surface area contributed by atoms with Gasteiger partial charge in [0.15, 0.2) is 0 Å². The van der Waals surface area contributed by atoms with Gasteiger partial charge < -0.3 is 5.32 Å². The monoisotopic (exact) mass is 253 g/mol. The van der Waals surface area contributed by atoms with Crippen molar-refractivity contribution in [2.75, 3.05) is 0 Å². The molecule has 19 heavy (non-hydrogen) atoms. The van der Waals surface area contributed by atoms with Crippen molar-refractivity contribution >= 4 is 28.8 Å². The van der Waals surface area contributed by atoms with E-state index in [1.54, 1.807) is 12.2 Å². The Balaban J connectivity index is 2.10. The van der Waals surface area contributed by atoms with E-state index in [1.807, 2.05) is 24.3 Å². The van der Waals surface area contributed by atoms with E-state index in [4.69, 9.17) is 0 Å². The Morgan fingerprint density at radius 2 is 1.89 bits per heavy atom. The van der Waals surface area contributed by atoms with Crippen LogP contribution in [0.4, 0.5) is 0 Å². The first-order valence-corrected chi connectivity index (χ1v) is 5.91. The lowest BCUT2D eigenvalue weighted by molar-refractivity contribution is -0.119. The van der Waals surface area contributed by atoms with Crippen LogP contribution in [0, 0.1) is 0 Å². The molecule has 0 fully saturated rings. The first-order chi connectivity index (χ1) is 9.15. The smallest absolute Gasteiger partial charge is 0.217 e. The molecule has 3 rings (SSSR count). The first kappa shape index (κ1) is 11.5. The molecule has 0 spiro atoms. The number of aromatic nitrogens is 2. The first-order valence-electron chi connectivity index (χ1n) is 5.91. The molecule has 2 aromatic rings. The van der Waals surface area contributed by atoms with Gasteiger partial charge in [-0.05, 0) is 18.2 Å². The van der Waals surface area contributed by atoms with Crippen molar-refractivity contribution in [2.45, 2.75) is 13.0 Å². The van der Waals surface area contributed by atoms with Gasteiger partial charge in [-0.15, -0.1) is 0 Å². The number of fused-ring (bicyclic) bond motifs is 2. The molecule has 5 heteroatoms. The van der Waals surface area contributed by atoms with E-state index in [1.165, 1.54) is 6.92 Å². The molecular formula is C14H11N3O2. The summed E-state index contributed by atoms with van der Waals surface area (Å²) in [6.07, 6.45) is 3.35. The lowest BCUT2D eigenvalue weighted by Gasteiger charge is -2.17. The fourth-order valence-corrected chi connectivity index (χ4v) is 2.07. The molecule has 1 unspecified atom stereocenters. The van der Waals surface area contributed by atoms with Gasteiger partial charge in [-0.25, -0.2) is 9.97 Å². The predicted octanol–water partition coefficient (Wildman–Crippen LogP) is 1.34. The Morgan fingerprint density at radius 3 is 2.58 bits per heavy atom. The molecule has 1 amide bonds. The van der Waals surface area contributed by atoms with Crippen molar-refractivity contribution < 1.29 is 9.59 Å². The second-order valence-corrected chi connectivity index (χ2v) is 4.35. The molecular weight excluding hydrogens is 242 g/mol. The standard InChI is InChI=1S/C14H11N3O2/c1-8(18)15-12-7-6-11-13(14(12)19)17-10-5-3-2-4-9(10)16-11/h2-7,12H,1H3,(H,15,18). The second kappa shape index (κ2) is 4.28. The number of benzene rings is 1. The molecule has 0 radical (unpaired) electrons. The summed E-state index contributed by atoms with van der Waals surface area (Å²) in [6, 6.07) is 6.72. The molecule has 5 nitrogen and oxygen atoms in total. The van der Waals surface area contributed by atoms with Crippen LogP contribution < -0.4 is 5.32 Å². The Kier molecular flexibility index (Phi) is 2.59. The van der Waals surface area contributed by atoms with Crippen LogP contribution in [0.25, 0.3) is 17.1 Å². The minimum Gasteiger partial charge on any atom is -0.343 e. The molecule has 1 N–H and O–H groups in total. The van der Waals surface area contributed by atoms with Gasteiger partial charge in [0.25, 0.3) is 0 Å². The molecule has 1 aliphatic carbocycles. The van der Waals surface area contributed by atoms with Crippen LogP contribution in [0.2, 0.25) is 0 Å². The summed E-state index contributed by atoms with van der Waals surface area (Å²) < 4.78 is 0. The largest absolute Gasteiger partial charge is 0.343 e. The van der Waals surface area contributed by atoms with E-state index in [-0.39, 0.29) is 11.7 Å². The normalized spacial score (nSPS) is 17.3. The van der Waals surface area contributed by atoms with Crippen LogP contribution in [0.15, 0.2) is 30.3 Å². The summed E-state index contributed by atoms with van der Waals surface area (Å²) >= 11 is 0. The zero-order valence-electron chi connectivity index (χ0n) is 10.3. The Hall–Kier alpha value is -2.56. The topological polar surface area (TPSA) is 72.0 Å². The quantitative estimate of drug-likeness (QED) is 0.832. The fraction of sp³-hybridized carbons (Fsp3) is 0.143. The highest BCUT2D eigenvalue weighted by Gasteiger charge is 2.26. The minimum absolute atomic E-state index is 0.231. The molecule has 94 valence electrons. The summed E-state index contributed by atoms with van der Waals surface area (Å²) in [5.74, 6) is -0.480. The molecule has 1 atom stereocenters. The van der Waals surface area contributed by atoms with E-state index < -0.39 is 6.04 Å². The molecule has 1 heterocycles. The van der Waals surface area contributed by atoms with Gasteiger partial charge in [-0.3, -0.25) is 9.59 Å². The highest BCUT2D eigenvalue weighted by atomic mass is 16.2. The molecule has 0 saturated heterocycles. The third-order valence-electron chi connectivity index (χ3n) is 2.92. The number of Topliss-reactive ketones (excluding diaryl/α,β-unsaturated/α-hetero) is 1. The average molecular weight is 253 g/mol. The van der Waals surface area contributed by atoms with Crippen LogP contribution in [0.5, 0.6) is 0 Å². The van der Waals surface area contributed by atoms with Crippen LogP contribution in [-0.4, -0.2) is 27.7 Å². The average Bonchev–Trinajstić information content (AvgIpc) is 2.40. The predicted molar refractivity (Wildman–Crippen MR) is 70.5 cm³/mol. The maximum Gasteiger partial charge on any atom is 0.217 e. The maximum atomic E-state index is 12.2. The van der Waals surface area contributed by atoms with Gasteiger partial charge in [-0.2, -0.15) is 0 Å². The van der Waals surface area contributed by atoms with Gasteiger partial charge in [0.05, 0.1) is 16.7 Å². The molecule has 0 saturated carbocycles. The van der Waals surface area contributed by atoms with Crippen LogP contribution >= 0.6 is 0 Å². The highest BCUT2D eigenvalue weighted by Crippen LogP contribution is 2.19. The highest BCUT2D eigenvalue weighted by molar-refractivity contribution is 6.07. The van der Waals surface area contributed by atoms with E-state index in [0.717, 1.165) is 5.52 Å². The number of amides is 1. The lowest BCUT2D eigenvalue weighted by atomic mass is 10.0. The summed E-state index contributed by atoms with van der Waals surface area (Å²) in [7, 11) is 0. The fourth-order valence-electron chi connectivity index (χ4n) is 2.07. The number of para-hydroxylation sites is 2. The summed E-state index contributed by atoms with van der Waals surface area (Å²) in [5.41, 5.74) is 2.27. The molecule has 1 aliphatic rings. The van der Waals surface area contributed by atoms with Gasteiger partial charge in [0.2, 0.25) is 11.7 Å². The van der Waals surface area contributed by atoms with Crippen molar-refractivity contribution in [1.82, 2.24) is 15.3 Å². The maximum absolute atomic E-state index is 12.2. The number of nitrogens with one attached hydrogen (secondary N) is 1. The van der Waals surface area contributed by atoms with Crippen LogP contribution in [-0.2, 0) is 4.79 Å². The number of carbonyl (C=O) groups excluding carboxylic acids is 2. The van der Waals surface area contributed by atoms with E-state index in [9.17, 15) is 9.59 Å². The van der Waals surface area contributed by atoms with Crippen molar-refractivity contribution in [1.29, 1.82) is 0 Å². The van der Waals surface area contributed by atoms with Crippen molar-refractivity contribution in [2.24, 2.45) is 0 Å². The van der Waals surface area contributed by atoms with Crippen LogP contribution in [0.3, 0.4) is 0 Å². The Morgan fingerprint density at radius 1 is 1.21 bits per heavy atom. The van der Waals surface area contributed by atoms with Crippen molar-refractivity contribution in [3.8, 4) is 0 Å². The second-order valence-electron chi connectivity index (χ2n) is 4.35. The molecule has 0 aliphatic heterocycles. The number of carbonyl (C=O) groups is 2. The summed E-state index contributed by atoms with van der Waals surface area (Å²) in [6.45, 7) is 1.38. The summed E-state index contributed by atoms with van der Waals surface area (Å²) in [5, 5.41) is 2.58. The number of hydrogen-bond acceptors (Lipinski definition) is 4. The van der Waals surface area contributed by atoms with Gasteiger partial charge in [0, 0.05) is 6.92 Å². The van der Waals surface area contributed by atoms with Gasteiger partial charge >= 0.3 is 0 Å². The number of ketones is 1. The summed E-state index contributed by atoms with van der Waals surface area (Å²) in [4.78, 5) is 32.0. The molecule has 0 bridgehead atoms. The third-order valence-corrected chi connectivity index (χ3v) is 2.92. The lowest BCUT2D eigenvalue weighted by Crippen LogP contribution is -2.40. The Bertz CT molecular complexity index is 722. The van der Waals surface area contributed by atoms with Crippen molar-refractivity contribution in [3.05, 3.63) is 41.7 Å². The number of nitrogens with zero attached hydrogens (tertiary/aromatic N) is 2.